The van der Waals surface area contributed by atoms with Crippen LogP contribution < -0.4 is 5.32 Å². The lowest BCUT2D eigenvalue weighted by Crippen LogP contribution is -2.41. The Kier molecular flexibility index (Phi) is 9.20. The molecule has 2 saturated heterocycles. The summed E-state index contributed by atoms with van der Waals surface area (Å²) in [6.45, 7) is 4.43. The van der Waals surface area contributed by atoms with Crippen molar-refractivity contribution in [2.75, 3.05) is 31.6 Å². The summed E-state index contributed by atoms with van der Waals surface area (Å²) in [7, 11) is 0. The van der Waals surface area contributed by atoms with Crippen LogP contribution in [0, 0.1) is 0 Å². The van der Waals surface area contributed by atoms with E-state index in [1.165, 1.54) is 0 Å². The zero-order valence-corrected chi connectivity index (χ0v) is 24.8. The molecule has 0 saturated carbocycles. The number of amides is 2. The van der Waals surface area contributed by atoms with Crippen LogP contribution in [0.2, 0.25) is 0 Å². The highest BCUT2D eigenvalue weighted by Crippen LogP contribution is 2.28. The summed E-state index contributed by atoms with van der Waals surface area (Å²) in [5.41, 5.74) is 3.13. The van der Waals surface area contributed by atoms with Gasteiger partial charge >= 0.3 is 6.09 Å². The summed E-state index contributed by atoms with van der Waals surface area (Å²) in [4.78, 5) is 36.3. The number of carbonyl (C=O) groups excluding carboxylic acids is 2. The molecule has 4 aromatic heterocycles. The first-order valence-electron chi connectivity index (χ1n) is 15.3. The zero-order valence-electron chi connectivity index (χ0n) is 24.8. The molecule has 2 aliphatic rings. The van der Waals surface area contributed by atoms with Crippen molar-refractivity contribution in [3.05, 3.63) is 60.7 Å². The smallest absolute Gasteiger partial charge is 0.409 e. The van der Waals surface area contributed by atoms with Gasteiger partial charge in [-0.1, -0.05) is 24.6 Å². The van der Waals surface area contributed by atoms with Gasteiger partial charge in [-0.2, -0.15) is 5.10 Å². The number of unbranched alkanes of at least 4 members (excludes halogenated alkanes) is 1. The molecule has 2 amide bonds. The van der Waals surface area contributed by atoms with Crippen LogP contribution in [0.3, 0.4) is 0 Å². The molecule has 4 aromatic rings. The molecule has 0 bridgehead atoms. The standard InChI is InChI=1S/C31H37N9O4/c1-2-3-17-44-31(42)38-16-7-8-23(20-38)39-21-26(36-37-39)22-12-13-28(32-19-22)35-30(41)25-10-6-9-24(34-25)27-14-15-33-40(27)29-11-4-5-18-43-29/h6,9-10,12-15,19,21,23,29H,2-5,7-8,11,16-18,20H2,1H3,(H,32,35,41)/t23-,29?/m1/s1. The van der Waals surface area contributed by atoms with Crippen molar-refractivity contribution in [1.29, 1.82) is 0 Å². The SMILES string of the molecule is CCCCOC(=O)N1CCC[C@@H](n2cc(-c3ccc(NC(=O)c4cccc(-c5ccnn5C5CCCCO5)n4)nc3)nn2)C1. The fourth-order valence-electron chi connectivity index (χ4n) is 5.49. The van der Waals surface area contributed by atoms with E-state index in [0.29, 0.717) is 43.5 Å². The van der Waals surface area contributed by atoms with E-state index in [9.17, 15) is 9.59 Å². The van der Waals surface area contributed by atoms with Gasteiger partial charge in [0.2, 0.25) is 0 Å². The highest BCUT2D eigenvalue weighted by molar-refractivity contribution is 6.02. The molecule has 230 valence electrons. The monoisotopic (exact) mass is 599 g/mol. The van der Waals surface area contributed by atoms with Crippen molar-refractivity contribution in [2.24, 2.45) is 0 Å². The van der Waals surface area contributed by atoms with Crippen molar-refractivity contribution >= 4 is 17.8 Å². The van der Waals surface area contributed by atoms with Gasteiger partial charge in [0.05, 0.1) is 30.2 Å². The largest absolute Gasteiger partial charge is 0.449 e. The van der Waals surface area contributed by atoms with Gasteiger partial charge < -0.3 is 19.7 Å². The third-order valence-corrected chi connectivity index (χ3v) is 7.91. The summed E-state index contributed by atoms with van der Waals surface area (Å²) in [5, 5.41) is 15.9. The summed E-state index contributed by atoms with van der Waals surface area (Å²) in [5.74, 6) is 0.0246. The number of aromatic nitrogens is 7. The second-order valence-corrected chi connectivity index (χ2v) is 11.1. The Balaban J connectivity index is 1.08. The molecular weight excluding hydrogens is 562 g/mol. The number of hydrogen-bond donors (Lipinski definition) is 1. The van der Waals surface area contributed by atoms with Gasteiger partial charge in [0, 0.05) is 37.7 Å². The molecule has 1 unspecified atom stereocenters. The maximum atomic E-state index is 13.1. The van der Waals surface area contributed by atoms with Crippen molar-refractivity contribution in [3.63, 3.8) is 0 Å². The minimum Gasteiger partial charge on any atom is -0.449 e. The van der Waals surface area contributed by atoms with Gasteiger partial charge in [-0.3, -0.25) is 4.79 Å². The van der Waals surface area contributed by atoms with E-state index in [2.05, 4.69) is 37.6 Å². The van der Waals surface area contributed by atoms with Crippen LogP contribution in [0.1, 0.15) is 74.6 Å². The molecule has 13 heteroatoms. The molecule has 44 heavy (non-hydrogen) atoms. The Morgan fingerprint density at radius 2 is 2.02 bits per heavy atom. The highest BCUT2D eigenvalue weighted by Gasteiger charge is 2.27. The first-order chi connectivity index (χ1) is 21.6. The molecule has 0 aromatic carbocycles. The lowest BCUT2D eigenvalue weighted by molar-refractivity contribution is -0.0384. The van der Waals surface area contributed by atoms with Gasteiger partial charge in [0.25, 0.3) is 5.91 Å². The third kappa shape index (κ3) is 6.77. The second kappa shape index (κ2) is 13.8. The highest BCUT2D eigenvalue weighted by atomic mass is 16.6. The predicted molar refractivity (Wildman–Crippen MR) is 162 cm³/mol. The Morgan fingerprint density at radius 3 is 2.84 bits per heavy atom. The normalized spacial score (nSPS) is 18.6. The fraction of sp³-hybridized carbons (Fsp3) is 0.452. The van der Waals surface area contributed by atoms with E-state index in [4.69, 9.17) is 9.47 Å². The number of likely N-dealkylation sites (tertiary alicyclic amines) is 1. The van der Waals surface area contributed by atoms with E-state index in [0.717, 1.165) is 56.2 Å². The number of carbonyl (C=O) groups is 2. The average Bonchev–Trinajstić information content (AvgIpc) is 3.77. The van der Waals surface area contributed by atoms with Gasteiger partial charge in [-0.15, -0.1) is 5.10 Å². The van der Waals surface area contributed by atoms with Gasteiger partial charge in [-0.05, 0) is 68.9 Å². The predicted octanol–water partition coefficient (Wildman–Crippen LogP) is 5.12. The van der Waals surface area contributed by atoms with Crippen LogP contribution in [0.15, 0.2) is 55.0 Å². The molecule has 6 rings (SSSR count). The van der Waals surface area contributed by atoms with E-state index >= 15 is 0 Å². The van der Waals surface area contributed by atoms with Crippen molar-refractivity contribution in [1.82, 2.24) is 39.6 Å². The maximum absolute atomic E-state index is 13.1. The number of pyridine rings is 2. The molecular formula is C31H37N9O4. The first-order valence-corrected chi connectivity index (χ1v) is 15.3. The second-order valence-electron chi connectivity index (χ2n) is 11.1. The molecule has 0 radical (unpaired) electrons. The van der Waals surface area contributed by atoms with Crippen molar-refractivity contribution < 1.29 is 19.1 Å². The van der Waals surface area contributed by atoms with E-state index in [1.807, 2.05) is 33.8 Å². The van der Waals surface area contributed by atoms with Crippen LogP contribution in [0.4, 0.5) is 10.6 Å². The average molecular weight is 600 g/mol. The molecule has 0 spiro atoms. The molecule has 1 N–H and O–H groups in total. The molecule has 2 aliphatic heterocycles. The number of nitrogens with one attached hydrogen (secondary N) is 1. The quantitative estimate of drug-likeness (QED) is 0.259. The Labute approximate surface area is 255 Å². The maximum Gasteiger partial charge on any atom is 0.409 e. The van der Waals surface area contributed by atoms with Crippen LogP contribution in [0.25, 0.3) is 22.6 Å². The van der Waals surface area contributed by atoms with E-state index < -0.39 is 0 Å². The lowest BCUT2D eigenvalue weighted by Gasteiger charge is -2.31. The molecule has 2 atom stereocenters. The molecule has 0 aliphatic carbocycles. The van der Waals surface area contributed by atoms with Gasteiger partial charge in [0.1, 0.15) is 17.2 Å². The number of hydrogen-bond acceptors (Lipinski definition) is 9. The topological polar surface area (TPSA) is 142 Å². The Morgan fingerprint density at radius 1 is 1.09 bits per heavy atom. The first kappa shape index (κ1) is 29.4. The van der Waals surface area contributed by atoms with Gasteiger partial charge in [0.15, 0.2) is 6.23 Å². The Bertz CT molecular complexity index is 1560. The number of piperidine rings is 1. The minimum absolute atomic E-state index is 0.0207. The minimum atomic E-state index is -0.368. The van der Waals surface area contributed by atoms with Crippen LogP contribution >= 0.6 is 0 Å². The number of ether oxygens (including phenoxy) is 2. The van der Waals surface area contributed by atoms with Crippen LogP contribution in [-0.2, 0) is 9.47 Å². The van der Waals surface area contributed by atoms with Gasteiger partial charge in [-0.25, -0.2) is 24.1 Å². The summed E-state index contributed by atoms with van der Waals surface area (Å²) >= 11 is 0. The number of nitrogens with zero attached hydrogens (tertiary/aromatic N) is 8. The molecule has 13 nitrogen and oxygen atoms in total. The lowest BCUT2D eigenvalue weighted by atomic mass is 10.1. The molecule has 2 fully saturated rings. The van der Waals surface area contributed by atoms with E-state index in [1.54, 1.807) is 35.5 Å². The fourth-order valence-corrected chi connectivity index (χ4v) is 5.49. The Hall–Kier alpha value is -4.65. The third-order valence-electron chi connectivity index (χ3n) is 7.91. The zero-order chi connectivity index (χ0) is 30.3. The summed E-state index contributed by atoms with van der Waals surface area (Å²) < 4.78 is 14.9. The van der Waals surface area contributed by atoms with Crippen LogP contribution in [-0.4, -0.2) is 77.9 Å². The van der Waals surface area contributed by atoms with Crippen LogP contribution in [0.5, 0.6) is 0 Å². The number of anilines is 1. The summed E-state index contributed by atoms with van der Waals surface area (Å²) in [6, 6.07) is 10.8. The summed E-state index contributed by atoms with van der Waals surface area (Å²) in [6.07, 6.45) is 11.5. The van der Waals surface area contributed by atoms with Crippen molar-refractivity contribution in [3.8, 4) is 22.6 Å². The number of rotatable bonds is 9. The molecule has 6 heterocycles. The van der Waals surface area contributed by atoms with E-state index in [-0.39, 0.29) is 30.0 Å². The van der Waals surface area contributed by atoms with Crippen molar-refractivity contribution in [2.45, 2.75) is 64.1 Å².